The van der Waals surface area contributed by atoms with Gasteiger partial charge in [0, 0.05) is 43.9 Å². The van der Waals surface area contributed by atoms with Crippen LogP contribution in [0.1, 0.15) is 55.8 Å². The molecule has 1 unspecified atom stereocenters. The highest BCUT2D eigenvalue weighted by Gasteiger charge is 2.26. The molecule has 1 aliphatic heterocycles. The number of piperidine rings is 1. The minimum atomic E-state index is 0.447. The molecule has 138 valence electrons. The summed E-state index contributed by atoms with van der Waals surface area (Å²) in [4.78, 5) is 9.33. The van der Waals surface area contributed by atoms with Gasteiger partial charge < -0.3 is 14.4 Å². The quantitative estimate of drug-likeness (QED) is 0.757. The molecule has 2 aromatic rings. The Bertz CT molecular complexity index is 662. The number of hydrogen-bond acceptors (Lipinski definition) is 6. The SMILES string of the molecule is CC(C)c1nnc(N2CCCC(c3nccn3CCCN(C)C)C2)s1. The number of anilines is 1. The average molecular weight is 363 g/mol. The second kappa shape index (κ2) is 8.27. The summed E-state index contributed by atoms with van der Waals surface area (Å²) in [7, 11) is 4.25. The summed E-state index contributed by atoms with van der Waals surface area (Å²) in [6.45, 7) is 8.57. The van der Waals surface area contributed by atoms with Crippen LogP contribution in [0, 0.1) is 0 Å². The zero-order valence-corrected chi connectivity index (χ0v) is 16.7. The Labute approximate surface area is 154 Å². The van der Waals surface area contributed by atoms with Crippen LogP contribution in [0.15, 0.2) is 12.4 Å². The molecule has 0 radical (unpaired) electrons. The summed E-state index contributed by atoms with van der Waals surface area (Å²) >= 11 is 1.74. The number of rotatable bonds is 7. The van der Waals surface area contributed by atoms with Gasteiger partial charge in [0.1, 0.15) is 10.8 Å². The van der Waals surface area contributed by atoms with Crippen molar-refractivity contribution in [3.63, 3.8) is 0 Å². The molecule has 1 atom stereocenters. The predicted molar refractivity (Wildman–Crippen MR) is 104 cm³/mol. The van der Waals surface area contributed by atoms with Gasteiger partial charge in [-0.3, -0.25) is 0 Å². The minimum Gasteiger partial charge on any atom is -0.346 e. The van der Waals surface area contributed by atoms with E-state index in [9.17, 15) is 0 Å². The Hall–Kier alpha value is -1.47. The highest BCUT2D eigenvalue weighted by molar-refractivity contribution is 7.15. The molecule has 1 saturated heterocycles. The van der Waals surface area contributed by atoms with Crippen molar-refractivity contribution < 1.29 is 0 Å². The maximum atomic E-state index is 4.69. The van der Waals surface area contributed by atoms with Crippen molar-refractivity contribution in [2.75, 3.05) is 38.6 Å². The maximum absolute atomic E-state index is 4.69. The van der Waals surface area contributed by atoms with E-state index in [0.29, 0.717) is 11.8 Å². The first kappa shape index (κ1) is 18.3. The monoisotopic (exact) mass is 362 g/mol. The van der Waals surface area contributed by atoms with E-state index in [0.717, 1.165) is 42.7 Å². The number of hydrogen-bond donors (Lipinski definition) is 0. The smallest absolute Gasteiger partial charge is 0.208 e. The van der Waals surface area contributed by atoms with Crippen molar-refractivity contribution in [2.24, 2.45) is 0 Å². The van der Waals surface area contributed by atoms with Crippen LogP contribution in [-0.4, -0.2) is 58.4 Å². The number of nitrogens with zero attached hydrogens (tertiary/aromatic N) is 6. The van der Waals surface area contributed by atoms with Crippen LogP contribution in [-0.2, 0) is 6.54 Å². The van der Waals surface area contributed by atoms with Gasteiger partial charge >= 0.3 is 0 Å². The Morgan fingerprint density at radius 2 is 2.16 bits per heavy atom. The molecular formula is C18H30N6S. The van der Waals surface area contributed by atoms with Crippen LogP contribution in [0.5, 0.6) is 0 Å². The van der Waals surface area contributed by atoms with E-state index in [1.807, 2.05) is 6.20 Å². The van der Waals surface area contributed by atoms with Crippen molar-refractivity contribution in [1.82, 2.24) is 24.6 Å². The minimum absolute atomic E-state index is 0.447. The highest BCUT2D eigenvalue weighted by Crippen LogP contribution is 2.32. The van der Waals surface area contributed by atoms with Crippen molar-refractivity contribution >= 4 is 16.5 Å². The van der Waals surface area contributed by atoms with Crippen LogP contribution in [0.4, 0.5) is 5.13 Å². The van der Waals surface area contributed by atoms with E-state index in [-0.39, 0.29) is 0 Å². The molecule has 0 aromatic carbocycles. The standard InChI is InChI=1S/C18H30N6S/c1-14(2)17-20-21-18(25-17)24-10-5-7-15(13-24)16-19-8-12-23(16)11-6-9-22(3)4/h8,12,14-15H,5-7,9-11,13H2,1-4H3. The summed E-state index contributed by atoms with van der Waals surface area (Å²) in [6, 6.07) is 0. The first-order valence-electron chi connectivity index (χ1n) is 9.28. The summed E-state index contributed by atoms with van der Waals surface area (Å²) in [5.74, 6) is 2.16. The third kappa shape index (κ3) is 4.58. The van der Waals surface area contributed by atoms with Gasteiger partial charge in [-0.2, -0.15) is 0 Å². The molecule has 2 aromatic heterocycles. The third-order valence-electron chi connectivity index (χ3n) is 4.73. The zero-order chi connectivity index (χ0) is 17.8. The van der Waals surface area contributed by atoms with Crippen molar-refractivity contribution in [1.29, 1.82) is 0 Å². The van der Waals surface area contributed by atoms with E-state index in [1.165, 1.54) is 18.7 Å². The lowest BCUT2D eigenvalue weighted by molar-refractivity contribution is 0.380. The summed E-state index contributed by atoms with van der Waals surface area (Å²) in [6.07, 6.45) is 7.63. The average Bonchev–Trinajstić information content (AvgIpc) is 3.24. The number of imidazole rings is 1. The van der Waals surface area contributed by atoms with Gasteiger partial charge in [-0.1, -0.05) is 25.2 Å². The van der Waals surface area contributed by atoms with Gasteiger partial charge in [0.25, 0.3) is 0 Å². The largest absolute Gasteiger partial charge is 0.346 e. The molecule has 0 saturated carbocycles. The topological polar surface area (TPSA) is 50.1 Å². The Morgan fingerprint density at radius 1 is 1.32 bits per heavy atom. The molecule has 25 heavy (non-hydrogen) atoms. The highest BCUT2D eigenvalue weighted by atomic mass is 32.1. The molecule has 7 heteroatoms. The molecule has 6 nitrogen and oxygen atoms in total. The van der Waals surface area contributed by atoms with Crippen LogP contribution in [0.3, 0.4) is 0 Å². The van der Waals surface area contributed by atoms with E-state index in [2.05, 4.69) is 63.7 Å². The lowest BCUT2D eigenvalue weighted by atomic mass is 9.97. The summed E-state index contributed by atoms with van der Waals surface area (Å²) in [5.41, 5.74) is 0. The molecule has 0 N–H and O–H groups in total. The van der Waals surface area contributed by atoms with Crippen molar-refractivity contribution in [3.8, 4) is 0 Å². The van der Waals surface area contributed by atoms with Gasteiger partial charge in [0.05, 0.1) is 0 Å². The Morgan fingerprint density at radius 3 is 2.88 bits per heavy atom. The Balaban J connectivity index is 1.66. The van der Waals surface area contributed by atoms with E-state index >= 15 is 0 Å². The molecule has 1 fully saturated rings. The van der Waals surface area contributed by atoms with Crippen molar-refractivity contribution in [3.05, 3.63) is 23.2 Å². The lowest BCUT2D eigenvalue weighted by Crippen LogP contribution is -2.35. The molecule has 0 amide bonds. The number of aromatic nitrogens is 4. The van der Waals surface area contributed by atoms with Crippen LogP contribution >= 0.6 is 11.3 Å². The van der Waals surface area contributed by atoms with Gasteiger partial charge in [0.2, 0.25) is 5.13 Å². The summed E-state index contributed by atoms with van der Waals surface area (Å²) < 4.78 is 2.34. The van der Waals surface area contributed by atoms with Crippen LogP contribution < -0.4 is 4.90 Å². The van der Waals surface area contributed by atoms with Gasteiger partial charge in [-0.05, 0) is 39.9 Å². The first-order chi connectivity index (χ1) is 12.0. The third-order valence-corrected chi connectivity index (χ3v) is 6.02. The molecule has 3 rings (SSSR count). The molecule has 0 spiro atoms. The van der Waals surface area contributed by atoms with E-state index in [1.54, 1.807) is 11.3 Å². The zero-order valence-electron chi connectivity index (χ0n) is 15.9. The fourth-order valence-corrected chi connectivity index (χ4v) is 4.26. The number of aryl methyl sites for hydroxylation is 1. The van der Waals surface area contributed by atoms with Gasteiger partial charge in [-0.25, -0.2) is 4.98 Å². The second-order valence-corrected chi connectivity index (χ2v) is 8.49. The van der Waals surface area contributed by atoms with Gasteiger partial charge in [-0.15, -0.1) is 10.2 Å². The fraction of sp³-hybridized carbons (Fsp3) is 0.722. The normalized spacial score (nSPS) is 18.5. The summed E-state index contributed by atoms with van der Waals surface area (Å²) in [5, 5.41) is 11.0. The van der Waals surface area contributed by atoms with Crippen LogP contribution in [0.25, 0.3) is 0 Å². The van der Waals surface area contributed by atoms with E-state index < -0.39 is 0 Å². The second-order valence-electron chi connectivity index (χ2n) is 7.50. The molecule has 1 aliphatic rings. The molecule has 0 bridgehead atoms. The molecular weight excluding hydrogens is 332 g/mol. The van der Waals surface area contributed by atoms with Gasteiger partial charge in [0.15, 0.2) is 0 Å². The predicted octanol–water partition coefficient (Wildman–Crippen LogP) is 3.19. The van der Waals surface area contributed by atoms with Crippen molar-refractivity contribution in [2.45, 2.75) is 51.5 Å². The fourth-order valence-electron chi connectivity index (χ4n) is 3.38. The van der Waals surface area contributed by atoms with Crippen LogP contribution in [0.2, 0.25) is 0 Å². The molecule has 0 aliphatic carbocycles. The maximum Gasteiger partial charge on any atom is 0.208 e. The Kier molecular flexibility index (Phi) is 6.06. The van der Waals surface area contributed by atoms with E-state index in [4.69, 9.17) is 0 Å². The molecule has 3 heterocycles. The lowest BCUT2D eigenvalue weighted by Gasteiger charge is -2.32. The first-order valence-corrected chi connectivity index (χ1v) is 10.1.